The molecule has 0 unspecified atom stereocenters. The molecule has 0 aliphatic heterocycles. The average Bonchev–Trinajstić information content (AvgIpc) is 2.22. The summed E-state index contributed by atoms with van der Waals surface area (Å²) in [4.78, 5) is 0. The van der Waals surface area contributed by atoms with Gasteiger partial charge >= 0.3 is 6.18 Å². The molecule has 102 valence electrons. The molecule has 0 saturated carbocycles. The predicted molar refractivity (Wildman–Crippen MR) is 62.3 cm³/mol. The lowest BCUT2D eigenvalue weighted by Gasteiger charge is -2.14. The summed E-state index contributed by atoms with van der Waals surface area (Å²) in [6.07, 6.45) is -5.16. The second-order valence-electron chi connectivity index (χ2n) is 3.58. The SMILES string of the molecule is C[C@H](O)c1ccc(Br)cc1OCOCC(F)(F)F. The van der Waals surface area contributed by atoms with Gasteiger partial charge in [0.2, 0.25) is 0 Å². The lowest BCUT2D eigenvalue weighted by atomic mass is 10.1. The summed E-state index contributed by atoms with van der Waals surface area (Å²) in [5, 5.41) is 9.47. The minimum Gasteiger partial charge on any atom is -0.467 e. The van der Waals surface area contributed by atoms with Crippen LogP contribution in [0.2, 0.25) is 0 Å². The molecule has 0 bridgehead atoms. The van der Waals surface area contributed by atoms with E-state index in [1.807, 2.05) is 0 Å². The summed E-state index contributed by atoms with van der Waals surface area (Å²) in [6, 6.07) is 4.87. The maximum Gasteiger partial charge on any atom is 0.411 e. The van der Waals surface area contributed by atoms with Gasteiger partial charge in [-0.3, -0.25) is 0 Å². The van der Waals surface area contributed by atoms with Crippen molar-refractivity contribution in [3.63, 3.8) is 0 Å². The molecule has 18 heavy (non-hydrogen) atoms. The van der Waals surface area contributed by atoms with Gasteiger partial charge in [-0.2, -0.15) is 13.2 Å². The van der Waals surface area contributed by atoms with Gasteiger partial charge in [-0.1, -0.05) is 22.0 Å². The van der Waals surface area contributed by atoms with E-state index in [0.717, 1.165) is 0 Å². The highest BCUT2D eigenvalue weighted by Crippen LogP contribution is 2.28. The van der Waals surface area contributed by atoms with Gasteiger partial charge < -0.3 is 14.6 Å². The van der Waals surface area contributed by atoms with E-state index in [4.69, 9.17) is 4.74 Å². The zero-order chi connectivity index (χ0) is 13.8. The van der Waals surface area contributed by atoms with Crippen LogP contribution in [0, 0.1) is 0 Å². The maximum absolute atomic E-state index is 11.8. The van der Waals surface area contributed by atoms with Crippen molar-refractivity contribution < 1.29 is 27.8 Å². The van der Waals surface area contributed by atoms with E-state index in [-0.39, 0.29) is 5.75 Å². The van der Waals surface area contributed by atoms with Crippen LogP contribution in [0.4, 0.5) is 13.2 Å². The first-order chi connectivity index (χ1) is 8.29. The first-order valence-electron chi connectivity index (χ1n) is 5.04. The molecule has 1 aromatic carbocycles. The third-order valence-electron chi connectivity index (χ3n) is 1.99. The molecule has 0 saturated heterocycles. The Hall–Kier alpha value is -0.790. The Balaban J connectivity index is 2.58. The van der Waals surface area contributed by atoms with Gasteiger partial charge in [-0.15, -0.1) is 0 Å². The Labute approximate surface area is 111 Å². The Kier molecular flexibility index (Phi) is 5.43. The van der Waals surface area contributed by atoms with Crippen molar-refractivity contribution in [2.75, 3.05) is 13.4 Å². The molecular weight excluding hydrogens is 317 g/mol. The molecule has 0 fully saturated rings. The summed E-state index contributed by atoms with van der Waals surface area (Å²) in [7, 11) is 0. The van der Waals surface area contributed by atoms with Crippen molar-refractivity contribution in [2.24, 2.45) is 0 Å². The third-order valence-corrected chi connectivity index (χ3v) is 2.48. The van der Waals surface area contributed by atoms with Crippen LogP contribution in [-0.2, 0) is 4.74 Å². The van der Waals surface area contributed by atoms with Crippen molar-refractivity contribution in [3.05, 3.63) is 28.2 Å². The smallest absolute Gasteiger partial charge is 0.411 e. The van der Waals surface area contributed by atoms with Gasteiger partial charge in [0.1, 0.15) is 12.4 Å². The third kappa shape index (κ3) is 5.24. The van der Waals surface area contributed by atoms with Gasteiger partial charge in [0, 0.05) is 10.0 Å². The Morgan fingerprint density at radius 3 is 2.61 bits per heavy atom. The van der Waals surface area contributed by atoms with Crippen LogP contribution in [0.1, 0.15) is 18.6 Å². The minimum absolute atomic E-state index is 0.279. The molecule has 0 aromatic heterocycles. The number of ether oxygens (including phenoxy) is 2. The quantitative estimate of drug-likeness (QED) is 0.665. The molecule has 0 aliphatic rings. The number of benzene rings is 1. The highest BCUT2D eigenvalue weighted by Gasteiger charge is 2.27. The standard InChI is InChI=1S/C11H12BrF3O3/c1-7(16)9-3-2-8(12)4-10(9)18-6-17-5-11(13,14)15/h2-4,7,16H,5-6H2,1H3/t7-/m0/s1. The van der Waals surface area contributed by atoms with E-state index in [0.29, 0.717) is 10.0 Å². The number of halogens is 4. The molecule has 1 aromatic rings. The number of aliphatic hydroxyl groups is 1. The van der Waals surface area contributed by atoms with Gasteiger partial charge in [-0.05, 0) is 19.1 Å². The fourth-order valence-electron chi connectivity index (χ4n) is 1.24. The monoisotopic (exact) mass is 328 g/mol. The number of rotatable bonds is 5. The molecule has 0 aliphatic carbocycles. The van der Waals surface area contributed by atoms with Crippen molar-refractivity contribution in [3.8, 4) is 5.75 Å². The van der Waals surface area contributed by atoms with Crippen molar-refractivity contribution in [2.45, 2.75) is 19.2 Å². The van der Waals surface area contributed by atoms with Gasteiger partial charge in [0.05, 0.1) is 6.10 Å². The second kappa shape index (κ2) is 6.40. The Morgan fingerprint density at radius 2 is 2.06 bits per heavy atom. The van der Waals surface area contributed by atoms with Crippen molar-refractivity contribution in [1.82, 2.24) is 0 Å². The normalized spacial score (nSPS) is 13.4. The second-order valence-corrected chi connectivity index (χ2v) is 4.50. The van der Waals surface area contributed by atoms with Gasteiger partial charge in [0.15, 0.2) is 6.79 Å². The molecule has 3 nitrogen and oxygen atoms in total. The molecular formula is C11H12BrF3O3. The predicted octanol–water partition coefficient (Wildman–Crippen LogP) is 3.42. The number of hydrogen-bond donors (Lipinski definition) is 1. The van der Waals surface area contributed by atoms with Crippen LogP contribution in [0.15, 0.2) is 22.7 Å². The molecule has 0 amide bonds. The molecule has 0 spiro atoms. The zero-order valence-corrected chi connectivity index (χ0v) is 11.1. The topological polar surface area (TPSA) is 38.7 Å². The van der Waals surface area contributed by atoms with E-state index in [9.17, 15) is 18.3 Å². The molecule has 0 radical (unpaired) electrons. The molecule has 0 heterocycles. The lowest BCUT2D eigenvalue weighted by molar-refractivity contribution is -0.186. The largest absolute Gasteiger partial charge is 0.467 e. The fourth-order valence-corrected chi connectivity index (χ4v) is 1.58. The van der Waals surface area contributed by atoms with E-state index in [2.05, 4.69) is 20.7 Å². The number of aliphatic hydroxyl groups excluding tert-OH is 1. The minimum atomic E-state index is -4.38. The highest BCUT2D eigenvalue weighted by molar-refractivity contribution is 9.10. The molecule has 7 heteroatoms. The van der Waals surface area contributed by atoms with E-state index in [1.165, 1.54) is 6.92 Å². The maximum atomic E-state index is 11.8. The zero-order valence-electron chi connectivity index (χ0n) is 9.50. The summed E-state index contributed by atoms with van der Waals surface area (Å²) in [5.74, 6) is 0.279. The van der Waals surface area contributed by atoms with E-state index >= 15 is 0 Å². The van der Waals surface area contributed by atoms with Crippen LogP contribution in [0.25, 0.3) is 0 Å². The van der Waals surface area contributed by atoms with Crippen LogP contribution in [0.5, 0.6) is 5.75 Å². The van der Waals surface area contributed by atoms with E-state index < -0.39 is 25.7 Å². The molecule has 1 N–H and O–H groups in total. The van der Waals surface area contributed by atoms with Crippen LogP contribution >= 0.6 is 15.9 Å². The summed E-state index contributed by atoms with van der Waals surface area (Å²) in [5.41, 5.74) is 0.480. The lowest BCUT2D eigenvalue weighted by Crippen LogP contribution is -2.19. The number of alkyl halides is 3. The summed E-state index contributed by atoms with van der Waals surface area (Å²) < 4.78 is 45.6. The molecule has 1 rings (SSSR count). The van der Waals surface area contributed by atoms with Crippen molar-refractivity contribution in [1.29, 1.82) is 0 Å². The summed E-state index contributed by atoms with van der Waals surface area (Å²) >= 11 is 3.20. The van der Waals surface area contributed by atoms with Crippen molar-refractivity contribution >= 4 is 15.9 Å². The van der Waals surface area contributed by atoms with Crippen LogP contribution < -0.4 is 4.74 Å². The Morgan fingerprint density at radius 1 is 1.39 bits per heavy atom. The van der Waals surface area contributed by atoms with Gasteiger partial charge in [0.25, 0.3) is 0 Å². The molecule has 1 atom stereocenters. The summed E-state index contributed by atoms with van der Waals surface area (Å²) in [6.45, 7) is -0.368. The van der Waals surface area contributed by atoms with Gasteiger partial charge in [-0.25, -0.2) is 0 Å². The van der Waals surface area contributed by atoms with Crippen LogP contribution in [0.3, 0.4) is 0 Å². The number of hydrogen-bond acceptors (Lipinski definition) is 3. The van der Waals surface area contributed by atoms with E-state index in [1.54, 1.807) is 18.2 Å². The Bertz CT molecular complexity index is 394. The van der Waals surface area contributed by atoms with Crippen LogP contribution in [-0.4, -0.2) is 24.7 Å². The fraction of sp³-hybridized carbons (Fsp3) is 0.455. The first-order valence-corrected chi connectivity index (χ1v) is 5.83. The average molecular weight is 329 g/mol. The highest BCUT2D eigenvalue weighted by atomic mass is 79.9. The first kappa shape index (κ1) is 15.3.